The lowest BCUT2D eigenvalue weighted by Gasteiger charge is -2.53. The normalized spacial score (nSPS) is 27.8. The Kier molecular flexibility index (Phi) is 4.90. The van der Waals surface area contributed by atoms with Crippen LogP contribution in [0.1, 0.15) is 38.2 Å². The highest BCUT2D eigenvalue weighted by molar-refractivity contribution is 5.92. The Hall–Kier alpha value is -1.88. The number of carboxylic acid groups (broad SMARTS) is 1. The molecular weight excluding hydrogens is 306 g/mol. The molecule has 1 saturated carbocycles. The summed E-state index contributed by atoms with van der Waals surface area (Å²) in [6.07, 6.45) is 3.89. The largest absolute Gasteiger partial charge is 0.480 e. The fraction of sp³-hybridized carbons (Fsp3) is 0.579. The molecule has 0 radical (unpaired) electrons. The highest BCUT2D eigenvalue weighted by atomic mass is 16.5. The number of amides is 1. The van der Waals surface area contributed by atoms with Crippen LogP contribution in [-0.2, 0) is 20.9 Å². The van der Waals surface area contributed by atoms with Crippen molar-refractivity contribution in [2.45, 2.75) is 45.3 Å². The summed E-state index contributed by atoms with van der Waals surface area (Å²) in [7, 11) is 0. The minimum Gasteiger partial charge on any atom is -0.480 e. The number of nitrogens with zero attached hydrogens (tertiary/aromatic N) is 1. The van der Waals surface area contributed by atoms with Crippen LogP contribution in [0, 0.1) is 11.3 Å². The monoisotopic (exact) mass is 331 g/mol. The molecule has 1 atom stereocenters. The standard InChI is InChI=1S/C19H25NO4/c1-14-7-9-19(10-8-14)13-20(18(19)23)16(17(21)22)12-24-11-15-5-3-2-4-6-15/h2-6,14,16H,7-13H2,1H3,(H,21,22). The number of carbonyl (C=O) groups excluding carboxylic acids is 1. The van der Waals surface area contributed by atoms with Gasteiger partial charge in [-0.2, -0.15) is 0 Å². The van der Waals surface area contributed by atoms with Gasteiger partial charge in [0.15, 0.2) is 6.04 Å². The smallest absolute Gasteiger partial charge is 0.328 e. The van der Waals surface area contributed by atoms with Gasteiger partial charge in [0.25, 0.3) is 0 Å². The number of β-lactam (4-membered cyclic amide) rings is 1. The maximum absolute atomic E-state index is 12.6. The first kappa shape index (κ1) is 17.0. The van der Waals surface area contributed by atoms with Gasteiger partial charge in [-0.25, -0.2) is 4.79 Å². The number of likely N-dealkylation sites (tertiary alicyclic amines) is 1. The first-order valence-electron chi connectivity index (χ1n) is 8.67. The van der Waals surface area contributed by atoms with Gasteiger partial charge in [-0.3, -0.25) is 4.79 Å². The van der Waals surface area contributed by atoms with Crippen molar-refractivity contribution in [1.29, 1.82) is 0 Å². The number of carbonyl (C=O) groups is 2. The maximum Gasteiger partial charge on any atom is 0.328 e. The molecule has 0 bridgehead atoms. The van der Waals surface area contributed by atoms with E-state index in [1.165, 1.54) is 4.90 Å². The molecule has 2 fully saturated rings. The van der Waals surface area contributed by atoms with Crippen molar-refractivity contribution in [3.63, 3.8) is 0 Å². The molecule has 5 nitrogen and oxygen atoms in total. The fourth-order valence-corrected chi connectivity index (χ4v) is 3.77. The molecule has 1 spiro atoms. The van der Waals surface area contributed by atoms with Crippen LogP contribution in [-0.4, -0.2) is 41.1 Å². The number of hydrogen-bond acceptors (Lipinski definition) is 3. The van der Waals surface area contributed by atoms with E-state index in [0.29, 0.717) is 19.1 Å². The van der Waals surface area contributed by atoms with Crippen LogP contribution in [0.25, 0.3) is 0 Å². The van der Waals surface area contributed by atoms with Crippen molar-refractivity contribution in [3.05, 3.63) is 35.9 Å². The van der Waals surface area contributed by atoms with Crippen LogP contribution in [0.15, 0.2) is 30.3 Å². The molecule has 1 amide bonds. The summed E-state index contributed by atoms with van der Waals surface area (Å²) < 4.78 is 5.57. The zero-order valence-corrected chi connectivity index (χ0v) is 14.1. The Morgan fingerprint density at radius 1 is 1.33 bits per heavy atom. The Labute approximate surface area is 142 Å². The van der Waals surface area contributed by atoms with Crippen molar-refractivity contribution in [3.8, 4) is 0 Å². The number of benzene rings is 1. The van der Waals surface area contributed by atoms with E-state index in [2.05, 4.69) is 6.92 Å². The van der Waals surface area contributed by atoms with Crippen molar-refractivity contribution in [2.24, 2.45) is 11.3 Å². The first-order valence-corrected chi connectivity index (χ1v) is 8.67. The Bertz CT molecular complexity index is 593. The van der Waals surface area contributed by atoms with Crippen LogP contribution in [0.2, 0.25) is 0 Å². The van der Waals surface area contributed by atoms with Crippen LogP contribution >= 0.6 is 0 Å². The highest BCUT2D eigenvalue weighted by Gasteiger charge is 2.55. The van der Waals surface area contributed by atoms with Gasteiger partial charge in [0.1, 0.15) is 0 Å². The summed E-state index contributed by atoms with van der Waals surface area (Å²) in [4.78, 5) is 25.7. The molecule has 24 heavy (non-hydrogen) atoms. The quantitative estimate of drug-likeness (QED) is 0.814. The fourth-order valence-electron chi connectivity index (χ4n) is 3.77. The van der Waals surface area contributed by atoms with Gasteiger partial charge in [0.2, 0.25) is 5.91 Å². The number of aliphatic carboxylic acids is 1. The molecule has 1 aromatic carbocycles. The Balaban J connectivity index is 1.55. The second-order valence-corrected chi connectivity index (χ2v) is 7.25. The van der Waals surface area contributed by atoms with Gasteiger partial charge in [-0.05, 0) is 37.2 Å². The molecule has 2 aliphatic rings. The number of rotatable bonds is 6. The molecule has 1 unspecified atom stereocenters. The second-order valence-electron chi connectivity index (χ2n) is 7.25. The van der Waals surface area contributed by atoms with Gasteiger partial charge in [0.05, 0.1) is 18.6 Å². The third-order valence-corrected chi connectivity index (χ3v) is 5.47. The summed E-state index contributed by atoms with van der Waals surface area (Å²) in [5, 5.41) is 9.48. The van der Waals surface area contributed by atoms with Gasteiger partial charge in [0, 0.05) is 6.54 Å². The van der Waals surface area contributed by atoms with E-state index < -0.39 is 12.0 Å². The molecule has 0 aromatic heterocycles. The SMILES string of the molecule is CC1CCC2(CC1)CN(C(COCc1ccccc1)C(=O)O)C2=O. The molecule has 1 saturated heterocycles. The molecule has 130 valence electrons. The van der Waals surface area contributed by atoms with E-state index in [0.717, 1.165) is 31.2 Å². The van der Waals surface area contributed by atoms with Crippen LogP contribution in [0.3, 0.4) is 0 Å². The molecule has 3 rings (SSSR count). The number of ether oxygens (including phenoxy) is 1. The van der Waals surface area contributed by atoms with Crippen molar-refractivity contribution >= 4 is 11.9 Å². The zero-order valence-electron chi connectivity index (χ0n) is 14.1. The predicted molar refractivity (Wildman–Crippen MR) is 89.3 cm³/mol. The van der Waals surface area contributed by atoms with Gasteiger partial charge in [-0.1, -0.05) is 37.3 Å². The van der Waals surface area contributed by atoms with Crippen molar-refractivity contribution in [2.75, 3.05) is 13.2 Å². The second kappa shape index (κ2) is 6.93. The van der Waals surface area contributed by atoms with E-state index in [9.17, 15) is 14.7 Å². The van der Waals surface area contributed by atoms with E-state index in [1.54, 1.807) is 0 Å². The summed E-state index contributed by atoms with van der Waals surface area (Å²) in [5.41, 5.74) is 0.703. The minimum absolute atomic E-state index is 0.00473. The third-order valence-electron chi connectivity index (χ3n) is 5.47. The molecule has 1 aromatic rings. The number of hydrogen-bond donors (Lipinski definition) is 1. The summed E-state index contributed by atoms with van der Waals surface area (Å²) >= 11 is 0. The first-order chi connectivity index (χ1) is 11.5. The van der Waals surface area contributed by atoms with E-state index in [4.69, 9.17) is 4.74 Å². The Morgan fingerprint density at radius 3 is 2.58 bits per heavy atom. The van der Waals surface area contributed by atoms with Gasteiger partial charge < -0.3 is 14.7 Å². The topological polar surface area (TPSA) is 66.8 Å². The predicted octanol–water partition coefficient (Wildman–Crippen LogP) is 2.70. The zero-order chi connectivity index (χ0) is 17.2. The average Bonchev–Trinajstić information content (AvgIpc) is 2.59. The molecule has 1 aliphatic carbocycles. The molecule has 1 aliphatic heterocycles. The average molecular weight is 331 g/mol. The summed E-state index contributed by atoms with van der Waals surface area (Å²) in [6, 6.07) is 8.74. The molecule has 1 N–H and O–H groups in total. The van der Waals surface area contributed by atoms with Gasteiger partial charge >= 0.3 is 5.97 Å². The lowest BCUT2D eigenvalue weighted by atomic mass is 9.65. The van der Waals surface area contributed by atoms with Crippen molar-refractivity contribution in [1.82, 2.24) is 4.90 Å². The van der Waals surface area contributed by atoms with E-state index in [-0.39, 0.29) is 17.9 Å². The van der Waals surface area contributed by atoms with E-state index >= 15 is 0 Å². The van der Waals surface area contributed by atoms with Gasteiger partial charge in [-0.15, -0.1) is 0 Å². The van der Waals surface area contributed by atoms with Crippen molar-refractivity contribution < 1.29 is 19.4 Å². The highest BCUT2D eigenvalue weighted by Crippen LogP contribution is 2.47. The van der Waals surface area contributed by atoms with Crippen LogP contribution < -0.4 is 0 Å². The number of carboxylic acids is 1. The van der Waals surface area contributed by atoms with Crippen LogP contribution in [0.5, 0.6) is 0 Å². The molecular formula is C19H25NO4. The van der Waals surface area contributed by atoms with E-state index in [1.807, 2.05) is 30.3 Å². The molecule has 5 heteroatoms. The van der Waals surface area contributed by atoms with Crippen LogP contribution in [0.4, 0.5) is 0 Å². The lowest BCUT2D eigenvalue weighted by molar-refractivity contribution is -0.178. The third kappa shape index (κ3) is 3.31. The maximum atomic E-state index is 12.6. The Morgan fingerprint density at radius 2 is 2.00 bits per heavy atom. The molecule has 1 heterocycles. The summed E-state index contributed by atoms with van der Waals surface area (Å²) in [5.74, 6) is -0.317. The summed E-state index contributed by atoms with van der Waals surface area (Å²) in [6.45, 7) is 3.16. The minimum atomic E-state index is -0.990. The lowest BCUT2D eigenvalue weighted by Crippen LogP contribution is -2.67.